The molecular formula is C18H24ClNO4. The summed E-state index contributed by atoms with van der Waals surface area (Å²) in [5.41, 5.74) is 0. The van der Waals surface area contributed by atoms with Gasteiger partial charge in [-0.05, 0) is 42.8 Å². The van der Waals surface area contributed by atoms with Crippen LogP contribution in [-0.2, 0) is 11.3 Å². The highest BCUT2D eigenvalue weighted by Gasteiger charge is 2.14. The van der Waals surface area contributed by atoms with Crippen LogP contribution in [0.25, 0.3) is 0 Å². The van der Waals surface area contributed by atoms with Crippen molar-refractivity contribution >= 4 is 11.6 Å². The molecule has 1 atom stereocenters. The first-order chi connectivity index (χ1) is 11.7. The van der Waals surface area contributed by atoms with Crippen molar-refractivity contribution < 1.29 is 19.0 Å². The van der Waals surface area contributed by atoms with Gasteiger partial charge in [0.1, 0.15) is 24.2 Å². The Morgan fingerprint density at radius 2 is 2.04 bits per heavy atom. The highest BCUT2D eigenvalue weighted by Crippen LogP contribution is 2.16. The quantitative estimate of drug-likeness (QED) is 0.629. The van der Waals surface area contributed by atoms with E-state index in [4.69, 9.17) is 25.5 Å². The highest BCUT2D eigenvalue weighted by atomic mass is 35.5. The molecule has 0 saturated carbocycles. The molecule has 1 heterocycles. The lowest BCUT2D eigenvalue weighted by Crippen LogP contribution is -2.36. The van der Waals surface area contributed by atoms with Crippen LogP contribution in [0.15, 0.2) is 47.1 Å². The predicted octanol–water partition coefficient (Wildman–Crippen LogP) is 3.21. The maximum Gasteiger partial charge on any atom is 0.119 e. The van der Waals surface area contributed by atoms with Gasteiger partial charge in [0.15, 0.2) is 0 Å². The summed E-state index contributed by atoms with van der Waals surface area (Å²) in [6.07, 6.45) is 1.95. The van der Waals surface area contributed by atoms with E-state index in [1.807, 2.05) is 12.1 Å². The minimum absolute atomic E-state index is 0.223. The third kappa shape index (κ3) is 6.93. The molecule has 0 radical (unpaired) electrons. The second kappa shape index (κ2) is 10.4. The van der Waals surface area contributed by atoms with E-state index < -0.39 is 6.10 Å². The van der Waals surface area contributed by atoms with Gasteiger partial charge in [0.05, 0.1) is 12.8 Å². The van der Waals surface area contributed by atoms with E-state index in [1.54, 1.807) is 37.6 Å². The molecule has 132 valence electrons. The van der Waals surface area contributed by atoms with Crippen molar-refractivity contribution in [3.05, 3.63) is 53.4 Å². The Bertz CT molecular complexity index is 559. The average molecular weight is 354 g/mol. The largest absolute Gasteiger partial charge is 0.491 e. The Kier molecular flexibility index (Phi) is 8.12. The van der Waals surface area contributed by atoms with Crippen LogP contribution in [0, 0.1) is 0 Å². The first kappa shape index (κ1) is 18.8. The molecule has 0 bridgehead atoms. The van der Waals surface area contributed by atoms with Crippen molar-refractivity contribution in [2.24, 2.45) is 0 Å². The average Bonchev–Trinajstić information content (AvgIpc) is 3.07. The number of aliphatic hydroxyl groups excluding tert-OH is 1. The predicted molar refractivity (Wildman–Crippen MR) is 93.4 cm³/mol. The number of methoxy groups -OCH3 is 1. The molecule has 1 N–H and O–H groups in total. The van der Waals surface area contributed by atoms with Crippen molar-refractivity contribution in [1.29, 1.82) is 0 Å². The minimum atomic E-state index is -0.599. The molecule has 2 aromatic rings. The van der Waals surface area contributed by atoms with Crippen molar-refractivity contribution in [3.8, 4) is 5.75 Å². The van der Waals surface area contributed by atoms with Crippen molar-refractivity contribution in [2.75, 3.05) is 33.4 Å². The van der Waals surface area contributed by atoms with E-state index in [2.05, 4.69) is 4.90 Å². The molecule has 0 fully saturated rings. The molecule has 0 saturated heterocycles. The van der Waals surface area contributed by atoms with E-state index in [1.165, 1.54) is 0 Å². The van der Waals surface area contributed by atoms with Crippen LogP contribution >= 0.6 is 11.6 Å². The first-order valence-corrected chi connectivity index (χ1v) is 8.35. The molecule has 0 spiro atoms. The molecule has 24 heavy (non-hydrogen) atoms. The fraction of sp³-hybridized carbons (Fsp3) is 0.444. The van der Waals surface area contributed by atoms with E-state index in [-0.39, 0.29) is 6.61 Å². The highest BCUT2D eigenvalue weighted by molar-refractivity contribution is 6.30. The SMILES string of the molecule is COCCCN(Cc1ccco1)CC(O)COc1ccc(Cl)cc1. The normalized spacial score (nSPS) is 12.5. The third-order valence-corrected chi connectivity index (χ3v) is 3.76. The van der Waals surface area contributed by atoms with Crippen molar-refractivity contribution in [1.82, 2.24) is 4.90 Å². The third-order valence-electron chi connectivity index (χ3n) is 3.51. The van der Waals surface area contributed by atoms with Gasteiger partial charge in [-0.1, -0.05) is 11.6 Å². The van der Waals surface area contributed by atoms with Gasteiger partial charge in [-0.3, -0.25) is 4.90 Å². The lowest BCUT2D eigenvalue weighted by molar-refractivity contribution is 0.0594. The van der Waals surface area contributed by atoms with Crippen LogP contribution < -0.4 is 4.74 Å². The molecule has 6 heteroatoms. The van der Waals surface area contributed by atoms with Crippen LogP contribution in [0.3, 0.4) is 0 Å². The second-order valence-corrected chi connectivity index (χ2v) is 6.02. The van der Waals surface area contributed by atoms with Crippen LogP contribution in [0.4, 0.5) is 0 Å². The number of aliphatic hydroxyl groups is 1. The maximum absolute atomic E-state index is 10.3. The zero-order valence-corrected chi connectivity index (χ0v) is 14.6. The number of halogens is 1. The van der Waals surface area contributed by atoms with Crippen LogP contribution in [0.5, 0.6) is 5.75 Å². The summed E-state index contributed by atoms with van der Waals surface area (Å²) in [5.74, 6) is 1.56. The Hall–Kier alpha value is -1.53. The van der Waals surface area contributed by atoms with Crippen LogP contribution in [-0.4, -0.2) is 49.5 Å². The van der Waals surface area contributed by atoms with Crippen molar-refractivity contribution in [2.45, 2.75) is 19.1 Å². The molecule has 2 rings (SSSR count). The van der Waals surface area contributed by atoms with Gasteiger partial charge in [-0.2, -0.15) is 0 Å². The standard InChI is InChI=1S/C18H24ClNO4/c1-22-10-3-9-20(13-18-4-2-11-23-18)12-16(21)14-24-17-7-5-15(19)6-8-17/h2,4-8,11,16,21H,3,9-10,12-14H2,1H3. The van der Waals surface area contributed by atoms with Gasteiger partial charge in [-0.15, -0.1) is 0 Å². The fourth-order valence-electron chi connectivity index (χ4n) is 2.36. The van der Waals surface area contributed by atoms with Gasteiger partial charge < -0.3 is 19.0 Å². The first-order valence-electron chi connectivity index (χ1n) is 7.97. The van der Waals surface area contributed by atoms with Gasteiger partial charge in [0.2, 0.25) is 0 Å². The summed E-state index contributed by atoms with van der Waals surface area (Å²) < 4.78 is 16.1. The Balaban J connectivity index is 1.80. The topological polar surface area (TPSA) is 55.1 Å². The molecule has 1 unspecified atom stereocenters. The molecule has 0 aliphatic heterocycles. The van der Waals surface area contributed by atoms with Crippen molar-refractivity contribution in [3.63, 3.8) is 0 Å². The molecule has 1 aromatic carbocycles. The maximum atomic E-state index is 10.3. The number of hydrogen-bond donors (Lipinski definition) is 1. The fourth-order valence-corrected chi connectivity index (χ4v) is 2.49. The molecular weight excluding hydrogens is 330 g/mol. The zero-order valence-electron chi connectivity index (χ0n) is 13.9. The lowest BCUT2D eigenvalue weighted by atomic mass is 10.3. The molecule has 5 nitrogen and oxygen atoms in total. The van der Waals surface area contributed by atoms with Gasteiger partial charge in [0.25, 0.3) is 0 Å². The Morgan fingerprint density at radius 1 is 1.25 bits per heavy atom. The zero-order chi connectivity index (χ0) is 17.2. The molecule has 1 aromatic heterocycles. The van der Waals surface area contributed by atoms with Gasteiger partial charge in [-0.25, -0.2) is 0 Å². The summed E-state index contributed by atoms with van der Waals surface area (Å²) in [5, 5.41) is 10.9. The van der Waals surface area contributed by atoms with E-state index >= 15 is 0 Å². The summed E-state index contributed by atoms with van der Waals surface area (Å²) in [6.45, 7) is 2.87. The van der Waals surface area contributed by atoms with E-state index in [0.717, 1.165) is 18.7 Å². The summed E-state index contributed by atoms with van der Waals surface area (Å²) >= 11 is 5.84. The second-order valence-electron chi connectivity index (χ2n) is 5.58. The summed E-state index contributed by atoms with van der Waals surface area (Å²) in [4.78, 5) is 2.13. The summed E-state index contributed by atoms with van der Waals surface area (Å²) in [7, 11) is 1.69. The lowest BCUT2D eigenvalue weighted by Gasteiger charge is -2.24. The number of rotatable bonds is 11. The van der Waals surface area contributed by atoms with Gasteiger partial charge in [0, 0.05) is 31.8 Å². The molecule has 0 aliphatic rings. The Morgan fingerprint density at radius 3 is 2.71 bits per heavy atom. The van der Waals surface area contributed by atoms with Gasteiger partial charge >= 0.3 is 0 Å². The Labute approximate surface area is 147 Å². The number of hydrogen-bond acceptors (Lipinski definition) is 5. The molecule has 0 aliphatic carbocycles. The van der Waals surface area contributed by atoms with Crippen LogP contribution in [0.2, 0.25) is 5.02 Å². The molecule has 0 amide bonds. The number of benzene rings is 1. The number of ether oxygens (including phenoxy) is 2. The van der Waals surface area contributed by atoms with E-state index in [0.29, 0.717) is 30.5 Å². The van der Waals surface area contributed by atoms with E-state index in [9.17, 15) is 5.11 Å². The minimum Gasteiger partial charge on any atom is -0.491 e. The monoisotopic (exact) mass is 353 g/mol. The number of furan rings is 1. The summed E-state index contributed by atoms with van der Waals surface area (Å²) in [6, 6.07) is 10.9. The van der Waals surface area contributed by atoms with Crippen LogP contribution in [0.1, 0.15) is 12.2 Å². The number of nitrogens with zero attached hydrogens (tertiary/aromatic N) is 1. The smallest absolute Gasteiger partial charge is 0.119 e.